The van der Waals surface area contributed by atoms with E-state index in [4.69, 9.17) is 5.73 Å². The molecule has 0 saturated carbocycles. The van der Waals surface area contributed by atoms with Crippen LogP contribution in [0.5, 0.6) is 0 Å². The van der Waals surface area contributed by atoms with Crippen LogP contribution in [-0.4, -0.2) is 34.1 Å². The molecule has 2 N–H and O–H groups in total. The fraction of sp³-hybridized carbons (Fsp3) is 0.217. The number of hydrogen-bond acceptors (Lipinski definition) is 5. The van der Waals surface area contributed by atoms with E-state index in [0.717, 1.165) is 11.1 Å². The number of rotatable bonds is 3. The first-order valence-corrected chi connectivity index (χ1v) is 9.63. The zero-order valence-corrected chi connectivity index (χ0v) is 16.7. The predicted octanol–water partition coefficient (Wildman–Crippen LogP) is 3.34. The SMILES string of the molecule is C/C(=C\c1cc([N+](=O)[O-])ccc1C)C(=O)N1C[C@@H](N)C2C1=CC(=O)c1ccccc12. The Balaban J connectivity index is 1.68. The molecule has 0 radical (unpaired) electrons. The maximum absolute atomic E-state index is 13.2. The van der Waals surface area contributed by atoms with Crippen molar-refractivity contribution in [2.45, 2.75) is 25.8 Å². The molecule has 2 aromatic rings. The molecule has 1 fully saturated rings. The van der Waals surface area contributed by atoms with Crippen LogP contribution in [-0.2, 0) is 4.79 Å². The Hall–Kier alpha value is -3.58. The van der Waals surface area contributed by atoms with Gasteiger partial charge in [0.1, 0.15) is 0 Å². The van der Waals surface area contributed by atoms with Crippen molar-refractivity contribution in [1.82, 2.24) is 4.90 Å². The second kappa shape index (κ2) is 7.35. The maximum atomic E-state index is 13.2. The molecule has 0 spiro atoms. The third-order valence-electron chi connectivity index (χ3n) is 5.72. The fourth-order valence-electron chi connectivity index (χ4n) is 4.18. The molecule has 0 bridgehead atoms. The Labute approximate surface area is 173 Å². The highest BCUT2D eigenvalue weighted by Crippen LogP contribution is 2.41. The lowest BCUT2D eigenvalue weighted by molar-refractivity contribution is -0.384. The summed E-state index contributed by atoms with van der Waals surface area (Å²) in [5.74, 6) is -0.618. The van der Waals surface area contributed by atoms with Crippen LogP contribution < -0.4 is 5.73 Å². The molecule has 1 saturated heterocycles. The number of benzene rings is 2. The van der Waals surface area contributed by atoms with Crippen LogP contribution in [0.15, 0.2) is 59.8 Å². The van der Waals surface area contributed by atoms with Crippen molar-refractivity contribution in [2.75, 3.05) is 6.54 Å². The average molecular weight is 403 g/mol. The van der Waals surface area contributed by atoms with E-state index in [2.05, 4.69) is 0 Å². The number of nitrogens with zero attached hydrogens (tertiary/aromatic N) is 2. The van der Waals surface area contributed by atoms with Gasteiger partial charge in [-0.05, 0) is 36.6 Å². The van der Waals surface area contributed by atoms with E-state index in [-0.39, 0.29) is 29.3 Å². The minimum absolute atomic E-state index is 0.0347. The maximum Gasteiger partial charge on any atom is 0.270 e. The normalized spacial score (nSPS) is 20.5. The first kappa shape index (κ1) is 19.7. The van der Waals surface area contributed by atoms with Gasteiger partial charge < -0.3 is 10.6 Å². The number of non-ortho nitro benzene ring substituents is 1. The number of fused-ring (bicyclic) bond motifs is 3. The Bertz CT molecular complexity index is 1150. The molecule has 1 aliphatic heterocycles. The monoisotopic (exact) mass is 403 g/mol. The van der Waals surface area contributed by atoms with Gasteiger partial charge in [0.15, 0.2) is 5.78 Å². The summed E-state index contributed by atoms with van der Waals surface area (Å²) in [4.78, 5) is 38.0. The quantitative estimate of drug-likeness (QED) is 0.481. The van der Waals surface area contributed by atoms with Gasteiger partial charge in [0, 0.05) is 53.5 Å². The molecular formula is C23H21N3O4. The number of carbonyl (C=O) groups excluding carboxylic acids is 2. The lowest BCUT2D eigenvalue weighted by atomic mass is 9.83. The van der Waals surface area contributed by atoms with Crippen molar-refractivity contribution < 1.29 is 14.5 Å². The first-order chi connectivity index (χ1) is 14.3. The van der Waals surface area contributed by atoms with Crippen molar-refractivity contribution in [3.8, 4) is 0 Å². The molecule has 4 rings (SSSR count). The van der Waals surface area contributed by atoms with Crippen molar-refractivity contribution in [2.24, 2.45) is 5.73 Å². The number of nitro groups is 1. The minimum atomic E-state index is -0.464. The van der Waals surface area contributed by atoms with Crippen molar-refractivity contribution in [3.63, 3.8) is 0 Å². The highest BCUT2D eigenvalue weighted by molar-refractivity contribution is 6.09. The number of nitro benzene ring substituents is 1. The lowest BCUT2D eigenvalue weighted by Crippen LogP contribution is -2.32. The van der Waals surface area contributed by atoms with Crippen molar-refractivity contribution in [1.29, 1.82) is 0 Å². The summed E-state index contributed by atoms with van der Waals surface area (Å²) in [7, 11) is 0. The second-order valence-electron chi connectivity index (χ2n) is 7.70. The van der Waals surface area contributed by atoms with Crippen LogP contribution in [0.2, 0.25) is 0 Å². The smallest absolute Gasteiger partial charge is 0.270 e. The molecule has 30 heavy (non-hydrogen) atoms. The van der Waals surface area contributed by atoms with E-state index in [1.807, 2.05) is 25.1 Å². The summed E-state index contributed by atoms with van der Waals surface area (Å²) in [6.07, 6.45) is 3.15. The topological polar surface area (TPSA) is 107 Å². The second-order valence-corrected chi connectivity index (χ2v) is 7.70. The van der Waals surface area contributed by atoms with Gasteiger partial charge in [-0.15, -0.1) is 0 Å². The number of allylic oxidation sites excluding steroid dienone is 1. The minimum Gasteiger partial charge on any atom is -0.325 e. The van der Waals surface area contributed by atoms with Gasteiger partial charge >= 0.3 is 0 Å². The molecule has 1 unspecified atom stereocenters. The summed E-state index contributed by atoms with van der Waals surface area (Å²) in [6, 6.07) is 11.6. The number of amides is 1. The average Bonchev–Trinajstić information content (AvgIpc) is 3.05. The summed E-state index contributed by atoms with van der Waals surface area (Å²) in [6.45, 7) is 3.79. The number of nitrogens with two attached hydrogens (primary N) is 1. The predicted molar refractivity (Wildman–Crippen MR) is 113 cm³/mol. The number of hydrogen-bond donors (Lipinski definition) is 1. The summed E-state index contributed by atoms with van der Waals surface area (Å²) in [5.41, 5.74) is 10.3. The molecule has 1 amide bonds. The third-order valence-corrected chi connectivity index (χ3v) is 5.72. The molecule has 1 heterocycles. The number of carbonyl (C=O) groups is 2. The molecule has 7 heteroatoms. The van der Waals surface area contributed by atoms with Gasteiger partial charge in [0.2, 0.25) is 0 Å². The molecule has 7 nitrogen and oxygen atoms in total. The molecule has 0 aromatic heterocycles. The molecule has 2 aliphatic rings. The van der Waals surface area contributed by atoms with Crippen LogP contribution >= 0.6 is 0 Å². The van der Waals surface area contributed by atoms with Crippen molar-refractivity contribution in [3.05, 3.63) is 92.2 Å². The third kappa shape index (κ3) is 3.23. The van der Waals surface area contributed by atoms with E-state index < -0.39 is 4.92 Å². The zero-order chi connectivity index (χ0) is 21.6. The zero-order valence-electron chi connectivity index (χ0n) is 16.7. The standard InChI is InChI=1S/C23H21N3O4/c1-13-7-8-16(26(29)30)10-15(13)9-14(2)23(28)25-12-19(24)22-18-6-4-3-5-17(18)21(27)11-20(22)25/h3-11,19,22H,12,24H2,1-2H3/b14-9+/t19-,22?/m1/s1. The van der Waals surface area contributed by atoms with Crippen LogP contribution in [0.25, 0.3) is 6.08 Å². The highest BCUT2D eigenvalue weighted by Gasteiger charge is 2.43. The van der Waals surface area contributed by atoms with Gasteiger partial charge in [0.05, 0.1) is 4.92 Å². The van der Waals surface area contributed by atoms with E-state index in [1.54, 1.807) is 30.0 Å². The van der Waals surface area contributed by atoms with Crippen LogP contribution in [0.3, 0.4) is 0 Å². The molecule has 2 aromatic carbocycles. The van der Waals surface area contributed by atoms with Gasteiger partial charge in [-0.25, -0.2) is 0 Å². The summed E-state index contributed by atoms with van der Waals surface area (Å²) in [5, 5.41) is 11.1. The molecule has 1 aliphatic carbocycles. The van der Waals surface area contributed by atoms with Gasteiger partial charge in [-0.3, -0.25) is 19.7 Å². The van der Waals surface area contributed by atoms with E-state index in [0.29, 0.717) is 28.9 Å². The van der Waals surface area contributed by atoms with Crippen LogP contribution in [0, 0.1) is 17.0 Å². The highest BCUT2D eigenvalue weighted by atomic mass is 16.6. The number of likely N-dealkylation sites (tertiary alicyclic amines) is 1. The van der Waals surface area contributed by atoms with Gasteiger partial charge in [0.25, 0.3) is 11.6 Å². The van der Waals surface area contributed by atoms with Crippen LogP contribution in [0.1, 0.15) is 39.9 Å². The van der Waals surface area contributed by atoms with E-state index in [9.17, 15) is 19.7 Å². The Morgan fingerprint density at radius 3 is 2.73 bits per heavy atom. The number of aryl methyl sites for hydroxylation is 1. The summed E-state index contributed by atoms with van der Waals surface area (Å²) >= 11 is 0. The first-order valence-electron chi connectivity index (χ1n) is 9.63. The van der Waals surface area contributed by atoms with E-state index in [1.165, 1.54) is 18.2 Å². The van der Waals surface area contributed by atoms with Gasteiger partial charge in [-0.1, -0.05) is 30.3 Å². The summed E-state index contributed by atoms with van der Waals surface area (Å²) < 4.78 is 0. The molecule has 152 valence electrons. The largest absolute Gasteiger partial charge is 0.325 e. The van der Waals surface area contributed by atoms with Crippen LogP contribution in [0.4, 0.5) is 5.69 Å². The molecule has 2 atom stereocenters. The lowest BCUT2D eigenvalue weighted by Gasteiger charge is -2.25. The Kier molecular flexibility index (Phi) is 4.83. The Morgan fingerprint density at radius 1 is 1.27 bits per heavy atom. The number of ketones is 1. The van der Waals surface area contributed by atoms with Gasteiger partial charge in [-0.2, -0.15) is 0 Å². The molecular weight excluding hydrogens is 382 g/mol. The van der Waals surface area contributed by atoms with E-state index >= 15 is 0 Å². The Morgan fingerprint density at radius 2 is 2.00 bits per heavy atom. The van der Waals surface area contributed by atoms with Crippen molar-refractivity contribution >= 4 is 23.5 Å². The fourth-order valence-corrected chi connectivity index (χ4v) is 4.18.